The molecule has 5 nitrogen and oxygen atoms in total. The molecule has 0 spiro atoms. The summed E-state index contributed by atoms with van der Waals surface area (Å²) in [4.78, 5) is 14.6. The fourth-order valence-corrected chi connectivity index (χ4v) is 5.80. The SMILES string of the molecule is Cc1cc(C)c(S(=O)(=O)N2CCN(C(=O)C=Cc3ccc(Br)cc3)CC2)c(C)c1. The molecule has 1 fully saturated rings. The van der Waals surface area contributed by atoms with Crippen LogP contribution in [0.4, 0.5) is 0 Å². The van der Waals surface area contributed by atoms with Crippen molar-refractivity contribution in [3.8, 4) is 0 Å². The van der Waals surface area contributed by atoms with Crippen molar-refractivity contribution in [3.63, 3.8) is 0 Å². The number of carbonyl (C=O) groups is 1. The van der Waals surface area contributed by atoms with Crippen LogP contribution >= 0.6 is 15.9 Å². The van der Waals surface area contributed by atoms with Crippen LogP contribution in [0.5, 0.6) is 0 Å². The lowest BCUT2D eigenvalue weighted by Crippen LogP contribution is -2.50. The van der Waals surface area contributed by atoms with Crippen LogP contribution in [0.15, 0.2) is 51.8 Å². The van der Waals surface area contributed by atoms with Gasteiger partial charge in [0.1, 0.15) is 0 Å². The number of nitrogens with zero attached hydrogens (tertiary/aromatic N) is 2. The summed E-state index contributed by atoms with van der Waals surface area (Å²) in [7, 11) is -3.58. The van der Waals surface area contributed by atoms with E-state index >= 15 is 0 Å². The van der Waals surface area contributed by atoms with Crippen LogP contribution in [0, 0.1) is 20.8 Å². The van der Waals surface area contributed by atoms with Crippen molar-refractivity contribution in [2.24, 2.45) is 0 Å². The molecular weight excluding hydrogens is 452 g/mol. The van der Waals surface area contributed by atoms with Gasteiger partial charge in [0.05, 0.1) is 4.90 Å². The molecule has 3 rings (SSSR count). The number of amides is 1. The molecule has 0 aliphatic carbocycles. The number of rotatable bonds is 4. The van der Waals surface area contributed by atoms with Crippen molar-refractivity contribution in [2.75, 3.05) is 26.2 Å². The normalized spacial score (nSPS) is 15.8. The average molecular weight is 477 g/mol. The first-order valence-electron chi connectivity index (χ1n) is 9.49. The van der Waals surface area contributed by atoms with Gasteiger partial charge < -0.3 is 4.90 Å². The Morgan fingerprint density at radius 2 is 1.52 bits per heavy atom. The number of benzene rings is 2. The molecule has 0 unspecified atom stereocenters. The minimum Gasteiger partial charge on any atom is -0.337 e. The Bertz CT molecular complexity index is 1020. The molecule has 0 bridgehead atoms. The zero-order chi connectivity index (χ0) is 21.2. The number of hydrogen-bond donors (Lipinski definition) is 0. The highest BCUT2D eigenvalue weighted by Gasteiger charge is 2.31. The lowest BCUT2D eigenvalue weighted by molar-refractivity contribution is -0.127. The fraction of sp³-hybridized carbons (Fsp3) is 0.318. The highest BCUT2D eigenvalue weighted by Crippen LogP contribution is 2.26. The van der Waals surface area contributed by atoms with Crippen LogP contribution in [-0.2, 0) is 14.8 Å². The Hall–Kier alpha value is -1.96. The van der Waals surface area contributed by atoms with Gasteiger partial charge in [-0.25, -0.2) is 8.42 Å². The highest BCUT2D eigenvalue weighted by atomic mass is 79.9. The molecule has 0 aromatic heterocycles. The Morgan fingerprint density at radius 3 is 2.07 bits per heavy atom. The van der Waals surface area contributed by atoms with Crippen molar-refractivity contribution >= 4 is 37.9 Å². The molecule has 29 heavy (non-hydrogen) atoms. The van der Waals surface area contributed by atoms with Crippen LogP contribution in [-0.4, -0.2) is 49.7 Å². The van der Waals surface area contributed by atoms with Crippen LogP contribution < -0.4 is 0 Å². The van der Waals surface area contributed by atoms with Gasteiger partial charge >= 0.3 is 0 Å². The summed E-state index contributed by atoms with van der Waals surface area (Å²) in [5.74, 6) is -0.104. The molecule has 1 aliphatic heterocycles. The summed E-state index contributed by atoms with van der Waals surface area (Å²) in [5, 5.41) is 0. The summed E-state index contributed by atoms with van der Waals surface area (Å²) in [6, 6.07) is 11.5. The van der Waals surface area contributed by atoms with E-state index in [0.717, 1.165) is 26.7 Å². The molecule has 1 saturated heterocycles. The maximum Gasteiger partial charge on any atom is 0.246 e. The standard InChI is InChI=1S/C22H25BrN2O3S/c1-16-14-17(2)22(18(3)15-16)29(27,28)25-12-10-24(11-13-25)21(26)9-6-19-4-7-20(23)8-5-19/h4-9,14-15H,10-13H2,1-3H3. The van der Waals surface area contributed by atoms with Crippen LogP contribution in [0.2, 0.25) is 0 Å². The summed E-state index contributed by atoms with van der Waals surface area (Å²) < 4.78 is 28.8. The monoisotopic (exact) mass is 476 g/mol. The number of sulfonamides is 1. The lowest BCUT2D eigenvalue weighted by atomic mass is 10.1. The number of aryl methyl sites for hydroxylation is 3. The predicted molar refractivity (Wildman–Crippen MR) is 119 cm³/mol. The Labute approximate surface area is 181 Å². The minimum absolute atomic E-state index is 0.104. The van der Waals surface area contributed by atoms with Gasteiger partial charge in [-0.05, 0) is 55.7 Å². The van der Waals surface area contributed by atoms with Crippen LogP contribution in [0.1, 0.15) is 22.3 Å². The number of piperazine rings is 1. The zero-order valence-electron chi connectivity index (χ0n) is 16.9. The summed E-state index contributed by atoms with van der Waals surface area (Å²) in [5.41, 5.74) is 3.51. The van der Waals surface area contributed by atoms with Crippen LogP contribution in [0.25, 0.3) is 6.08 Å². The van der Waals surface area contributed by atoms with E-state index in [4.69, 9.17) is 0 Å². The van der Waals surface area contributed by atoms with E-state index < -0.39 is 10.0 Å². The first kappa shape index (κ1) is 21.7. The average Bonchev–Trinajstić information content (AvgIpc) is 2.66. The third-order valence-corrected chi connectivity index (χ3v) is 7.77. The first-order chi connectivity index (χ1) is 13.7. The molecule has 0 N–H and O–H groups in total. The molecule has 0 atom stereocenters. The van der Waals surface area contributed by atoms with E-state index in [1.807, 2.05) is 57.2 Å². The number of carbonyl (C=O) groups excluding carboxylic acids is 1. The molecule has 1 aliphatic rings. The Balaban J connectivity index is 1.67. The quantitative estimate of drug-likeness (QED) is 0.628. The molecule has 154 valence electrons. The third kappa shape index (κ3) is 4.97. The summed E-state index contributed by atoms with van der Waals surface area (Å²) >= 11 is 3.39. The molecular formula is C22H25BrN2O3S. The summed E-state index contributed by atoms with van der Waals surface area (Å²) in [6.07, 6.45) is 3.32. The van der Waals surface area contributed by atoms with Gasteiger partial charge in [0.25, 0.3) is 0 Å². The molecule has 2 aromatic rings. The van der Waals surface area contributed by atoms with Gasteiger partial charge in [-0.2, -0.15) is 4.31 Å². The molecule has 1 heterocycles. The van der Waals surface area contributed by atoms with E-state index in [1.54, 1.807) is 17.1 Å². The molecule has 7 heteroatoms. The van der Waals surface area contributed by atoms with Gasteiger partial charge in [-0.1, -0.05) is 45.8 Å². The second-order valence-electron chi connectivity index (χ2n) is 7.34. The van der Waals surface area contributed by atoms with Crippen molar-refractivity contribution in [3.05, 3.63) is 69.2 Å². The molecule has 1 amide bonds. The van der Waals surface area contributed by atoms with Gasteiger partial charge in [0, 0.05) is 36.7 Å². The van der Waals surface area contributed by atoms with Crippen molar-refractivity contribution < 1.29 is 13.2 Å². The number of hydrogen-bond acceptors (Lipinski definition) is 3. The second kappa shape index (κ2) is 8.81. The smallest absolute Gasteiger partial charge is 0.246 e. The first-order valence-corrected chi connectivity index (χ1v) is 11.7. The van der Waals surface area contributed by atoms with Gasteiger partial charge in [-0.15, -0.1) is 0 Å². The van der Waals surface area contributed by atoms with Crippen molar-refractivity contribution in [2.45, 2.75) is 25.7 Å². The van der Waals surface area contributed by atoms with Gasteiger partial charge in [-0.3, -0.25) is 4.79 Å². The van der Waals surface area contributed by atoms with E-state index in [1.165, 1.54) is 4.31 Å². The predicted octanol–water partition coefficient (Wildman–Crippen LogP) is 3.92. The topological polar surface area (TPSA) is 57.7 Å². The van der Waals surface area contributed by atoms with E-state index in [9.17, 15) is 13.2 Å². The fourth-order valence-electron chi connectivity index (χ4n) is 3.70. The lowest BCUT2D eigenvalue weighted by Gasteiger charge is -2.34. The van der Waals surface area contributed by atoms with E-state index in [2.05, 4.69) is 15.9 Å². The van der Waals surface area contributed by atoms with Crippen LogP contribution in [0.3, 0.4) is 0 Å². The summed E-state index contributed by atoms with van der Waals surface area (Å²) in [6.45, 7) is 6.99. The van der Waals surface area contributed by atoms with Gasteiger partial charge in [0.2, 0.25) is 15.9 Å². The molecule has 0 radical (unpaired) electrons. The molecule has 2 aromatic carbocycles. The van der Waals surface area contributed by atoms with Gasteiger partial charge in [0.15, 0.2) is 0 Å². The Kier molecular flexibility index (Phi) is 6.61. The van der Waals surface area contributed by atoms with Crippen molar-refractivity contribution in [1.82, 2.24) is 9.21 Å². The minimum atomic E-state index is -3.58. The van der Waals surface area contributed by atoms with E-state index in [0.29, 0.717) is 31.1 Å². The van der Waals surface area contributed by atoms with Crippen molar-refractivity contribution in [1.29, 1.82) is 0 Å². The zero-order valence-corrected chi connectivity index (χ0v) is 19.3. The Morgan fingerprint density at radius 1 is 0.966 bits per heavy atom. The maximum atomic E-state index is 13.2. The van der Waals surface area contributed by atoms with E-state index in [-0.39, 0.29) is 5.91 Å². The molecule has 0 saturated carbocycles. The third-order valence-electron chi connectivity index (χ3n) is 5.04. The maximum absolute atomic E-state index is 13.2. The number of halogens is 1. The largest absolute Gasteiger partial charge is 0.337 e. The highest BCUT2D eigenvalue weighted by molar-refractivity contribution is 9.10. The second-order valence-corrected chi connectivity index (χ2v) is 10.1.